The zero-order chi connectivity index (χ0) is 10.3. The van der Waals surface area contributed by atoms with Crippen LogP contribution >= 0.6 is 11.6 Å². The Balaban J connectivity index is 3.51. The van der Waals surface area contributed by atoms with Crippen molar-refractivity contribution in [1.82, 2.24) is 0 Å². The fourth-order valence-electron chi connectivity index (χ4n) is 1.27. The number of hydrogen-bond donors (Lipinski definition) is 0. The van der Waals surface area contributed by atoms with Crippen LogP contribution in [0.5, 0.6) is 0 Å². The highest BCUT2D eigenvalue weighted by Crippen LogP contribution is 2.20. The van der Waals surface area contributed by atoms with E-state index < -0.39 is 0 Å². The Morgan fingerprint density at radius 3 is 2.46 bits per heavy atom. The lowest BCUT2D eigenvalue weighted by atomic mass is 9.94. The zero-order valence-electron chi connectivity index (χ0n) is 8.94. The van der Waals surface area contributed by atoms with Gasteiger partial charge in [-0.05, 0) is 18.8 Å². The summed E-state index contributed by atoms with van der Waals surface area (Å²) in [5.41, 5.74) is -0.166. The maximum Gasteiger partial charge on any atom is 0.227 e. The third kappa shape index (κ3) is 6.90. The fourth-order valence-corrected chi connectivity index (χ4v) is 1.64. The molecule has 0 aliphatic carbocycles. The summed E-state index contributed by atoms with van der Waals surface area (Å²) in [5.74, 6) is 1.46. The lowest BCUT2D eigenvalue weighted by Gasteiger charge is -2.13. The van der Waals surface area contributed by atoms with Gasteiger partial charge in [-0.1, -0.05) is 13.3 Å². The van der Waals surface area contributed by atoms with E-state index in [0.717, 1.165) is 25.1 Å². The molecule has 0 spiro atoms. The second-order valence-corrected chi connectivity index (χ2v) is 4.78. The third-order valence-corrected chi connectivity index (χ3v) is 2.61. The highest BCUT2D eigenvalue weighted by Gasteiger charge is 2.21. The quantitative estimate of drug-likeness (QED) is 0.450. The van der Waals surface area contributed by atoms with Crippen LogP contribution in [0.25, 0.3) is 4.85 Å². The van der Waals surface area contributed by atoms with Gasteiger partial charge >= 0.3 is 0 Å². The Morgan fingerprint density at radius 2 is 2.00 bits per heavy atom. The number of nitrogens with zero attached hydrogens (tertiary/aromatic N) is 1. The molecular weight excluding hydrogens is 182 g/mol. The Kier molecular flexibility index (Phi) is 6.16. The van der Waals surface area contributed by atoms with E-state index in [2.05, 4.69) is 11.8 Å². The van der Waals surface area contributed by atoms with Crippen molar-refractivity contribution in [3.8, 4) is 0 Å². The molecular formula is C11H20ClN. The summed E-state index contributed by atoms with van der Waals surface area (Å²) in [6.07, 6.45) is 4.45. The molecule has 0 aliphatic heterocycles. The first kappa shape index (κ1) is 12.8. The summed E-state index contributed by atoms with van der Waals surface area (Å²) in [7, 11) is 0. The topological polar surface area (TPSA) is 4.36 Å². The second-order valence-electron chi connectivity index (χ2n) is 4.40. The van der Waals surface area contributed by atoms with Crippen molar-refractivity contribution in [3.63, 3.8) is 0 Å². The summed E-state index contributed by atoms with van der Waals surface area (Å²) >= 11 is 5.64. The third-order valence-electron chi connectivity index (χ3n) is 2.39. The van der Waals surface area contributed by atoms with Crippen molar-refractivity contribution in [2.24, 2.45) is 5.92 Å². The molecule has 1 atom stereocenters. The molecule has 0 aliphatic rings. The van der Waals surface area contributed by atoms with Crippen LogP contribution in [0.4, 0.5) is 0 Å². The Bertz CT molecular complexity index is 169. The predicted molar refractivity (Wildman–Crippen MR) is 59.0 cm³/mol. The summed E-state index contributed by atoms with van der Waals surface area (Å²) in [4.78, 5) is 3.59. The molecule has 0 aromatic carbocycles. The monoisotopic (exact) mass is 201 g/mol. The summed E-state index contributed by atoms with van der Waals surface area (Å²) in [5, 5.41) is 0. The van der Waals surface area contributed by atoms with Gasteiger partial charge in [0.2, 0.25) is 5.54 Å². The van der Waals surface area contributed by atoms with E-state index in [1.807, 2.05) is 13.8 Å². The Labute approximate surface area is 87.3 Å². The van der Waals surface area contributed by atoms with E-state index in [4.69, 9.17) is 18.2 Å². The minimum Gasteiger partial charge on any atom is -0.311 e. The van der Waals surface area contributed by atoms with E-state index in [1.165, 1.54) is 6.42 Å². The molecule has 0 bridgehead atoms. The molecule has 0 saturated carbocycles. The summed E-state index contributed by atoms with van der Waals surface area (Å²) in [6.45, 7) is 13.2. The standard InChI is InChI=1S/C11H20ClN/c1-10(7-9-12)6-5-8-11(2,3)13-4/h10H,5-9H2,1-3H3. The number of hydrogen-bond acceptors (Lipinski definition) is 0. The van der Waals surface area contributed by atoms with E-state index >= 15 is 0 Å². The molecule has 1 nitrogen and oxygen atoms in total. The Hall–Kier alpha value is -0.220. The van der Waals surface area contributed by atoms with Crippen molar-refractivity contribution in [2.75, 3.05) is 5.88 Å². The van der Waals surface area contributed by atoms with Crippen molar-refractivity contribution in [1.29, 1.82) is 0 Å². The van der Waals surface area contributed by atoms with Gasteiger partial charge in [0, 0.05) is 26.1 Å². The molecule has 76 valence electrons. The highest BCUT2D eigenvalue weighted by atomic mass is 35.5. The van der Waals surface area contributed by atoms with Gasteiger partial charge in [0.15, 0.2) is 0 Å². The van der Waals surface area contributed by atoms with Gasteiger partial charge in [0.05, 0.1) is 0 Å². The molecule has 0 amide bonds. The van der Waals surface area contributed by atoms with Crippen LogP contribution in [-0.4, -0.2) is 11.4 Å². The highest BCUT2D eigenvalue weighted by molar-refractivity contribution is 6.17. The molecule has 2 heteroatoms. The fraction of sp³-hybridized carbons (Fsp3) is 0.909. The van der Waals surface area contributed by atoms with Gasteiger partial charge in [0.1, 0.15) is 0 Å². The smallest absolute Gasteiger partial charge is 0.227 e. The van der Waals surface area contributed by atoms with Crippen LogP contribution in [0.2, 0.25) is 0 Å². The molecule has 0 aromatic rings. The first-order valence-corrected chi connectivity index (χ1v) is 5.50. The van der Waals surface area contributed by atoms with Crippen LogP contribution in [0.3, 0.4) is 0 Å². The molecule has 13 heavy (non-hydrogen) atoms. The lowest BCUT2D eigenvalue weighted by Crippen LogP contribution is -2.13. The number of rotatable bonds is 6. The molecule has 0 fully saturated rings. The van der Waals surface area contributed by atoms with Crippen molar-refractivity contribution in [2.45, 2.75) is 52.0 Å². The van der Waals surface area contributed by atoms with Crippen LogP contribution < -0.4 is 0 Å². The van der Waals surface area contributed by atoms with Gasteiger partial charge in [-0.3, -0.25) is 0 Å². The maximum atomic E-state index is 6.98. The van der Waals surface area contributed by atoms with Gasteiger partial charge in [-0.2, -0.15) is 0 Å². The molecule has 0 rings (SSSR count). The average Bonchev–Trinajstić information content (AvgIpc) is 2.05. The van der Waals surface area contributed by atoms with Crippen molar-refractivity contribution in [3.05, 3.63) is 11.4 Å². The van der Waals surface area contributed by atoms with Gasteiger partial charge in [0.25, 0.3) is 0 Å². The van der Waals surface area contributed by atoms with E-state index in [1.54, 1.807) is 0 Å². The summed E-state index contributed by atoms with van der Waals surface area (Å²) in [6, 6.07) is 0. The lowest BCUT2D eigenvalue weighted by molar-refractivity contribution is 0.443. The maximum absolute atomic E-state index is 6.98. The van der Waals surface area contributed by atoms with E-state index in [9.17, 15) is 0 Å². The molecule has 0 saturated heterocycles. The molecule has 1 unspecified atom stereocenters. The van der Waals surface area contributed by atoms with Crippen LogP contribution in [0.1, 0.15) is 46.5 Å². The largest absolute Gasteiger partial charge is 0.311 e. The molecule has 0 radical (unpaired) electrons. The average molecular weight is 202 g/mol. The number of alkyl halides is 1. The van der Waals surface area contributed by atoms with Gasteiger partial charge in [-0.15, -0.1) is 11.6 Å². The molecule has 0 heterocycles. The Morgan fingerprint density at radius 1 is 1.38 bits per heavy atom. The minimum atomic E-state index is -0.166. The normalized spacial score (nSPS) is 13.8. The van der Waals surface area contributed by atoms with Crippen molar-refractivity contribution >= 4 is 11.6 Å². The van der Waals surface area contributed by atoms with E-state index in [-0.39, 0.29) is 5.54 Å². The minimum absolute atomic E-state index is 0.166. The number of halogens is 1. The van der Waals surface area contributed by atoms with Gasteiger partial charge < -0.3 is 4.85 Å². The second kappa shape index (κ2) is 6.27. The van der Waals surface area contributed by atoms with Crippen molar-refractivity contribution < 1.29 is 0 Å². The predicted octanol–water partition coefficient (Wildman–Crippen LogP) is 4.12. The molecule has 0 N–H and O–H groups in total. The summed E-state index contributed by atoms with van der Waals surface area (Å²) < 4.78 is 0. The van der Waals surface area contributed by atoms with E-state index in [0.29, 0.717) is 5.92 Å². The first-order chi connectivity index (χ1) is 6.02. The first-order valence-electron chi connectivity index (χ1n) is 4.96. The molecule has 0 aromatic heterocycles. The van der Waals surface area contributed by atoms with Crippen LogP contribution in [-0.2, 0) is 0 Å². The van der Waals surface area contributed by atoms with Crippen LogP contribution in [0, 0.1) is 12.5 Å². The van der Waals surface area contributed by atoms with Gasteiger partial charge in [-0.25, -0.2) is 6.57 Å². The zero-order valence-corrected chi connectivity index (χ0v) is 9.69. The van der Waals surface area contributed by atoms with Crippen LogP contribution in [0.15, 0.2) is 0 Å². The SMILES string of the molecule is [C-]#[N+]C(C)(C)CCCC(C)CCCl.